The molecule has 0 aromatic heterocycles. The van der Waals surface area contributed by atoms with Crippen molar-refractivity contribution in [3.63, 3.8) is 0 Å². The summed E-state index contributed by atoms with van der Waals surface area (Å²) in [6, 6.07) is -1.04. The zero-order valence-corrected chi connectivity index (χ0v) is 9.69. The quantitative estimate of drug-likeness (QED) is 0.527. The van der Waals surface area contributed by atoms with Crippen LogP contribution in [0.2, 0.25) is 0 Å². The molecule has 16 heavy (non-hydrogen) atoms. The highest BCUT2D eigenvalue weighted by Gasteiger charge is 2.21. The molecule has 0 aliphatic rings. The largest absolute Gasteiger partial charge is 0.395 e. The van der Waals surface area contributed by atoms with E-state index in [9.17, 15) is 9.59 Å². The molecule has 3 N–H and O–H groups in total. The Morgan fingerprint density at radius 1 is 1.56 bits per heavy atom. The number of nitrogens with one attached hydrogen (secondary N) is 2. The molecular weight excluding hydrogens is 210 g/mol. The Labute approximate surface area is 95.3 Å². The van der Waals surface area contributed by atoms with E-state index in [-0.39, 0.29) is 6.61 Å². The standard InChI is InChI=1S/C10H19N3O3/c1-4-5-13(6-7-14)8(2)9(15)12-10(16)11-3/h4,8,14H,1,5-7H2,2-3H3,(H2,11,12,15,16). The maximum Gasteiger partial charge on any atom is 0.321 e. The molecule has 3 amide bonds. The van der Waals surface area contributed by atoms with Gasteiger partial charge in [-0.15, -0.1) is 6.58 Å². The van der Waals surface area contributed by atoms with Crippen LogP contribution in [-0.4, -0.2) is 54.7 Å². The minimum Gasteiger partial charge on any atom is -0.395 e. The lowest BCUT2D eigenvalue weighted by Gasteiger charge is -2.25. The van der Waals surface area contributed by atoms with Crippen molar-refractivity contribution < 1.29 is 14.7 Å². The van der Waals surface area contributed by atoms with Crippen LogP contribution in [0.4, 0.5) is 4.79 Å². The molecule has 0 radical (unpaired) electrons. The molecule has 0 aliphatic heterocycles. The first kappa shape index (κ1) is 14.6. The van der Waals surface area contributed by atoms with Crippen LogP contribution in [0.15, 0.2) is 12.7 Å². The van der Waals surface area contributed by atoms with Gasteiger partial charge in [0, 0.05) is 20.1 Å². The van der Waals surface area contributed by atoms with Crippen LogP contribution in [0.3, 0.4) is 0 Å². The Morgan fingerprint density at radius 3 is 2.62 bits per heavy atom. The Balaban J connectivity index is 4.35. The second kappa shape index (κ2) is 7.84. The number of hydrogen-bond acceptors (Lipinski definition) is 4. The molecule has 0 aliphatic carbocycles. The van der Waals surface area contributed by atoms with E-state index in [0.717, 1.165) is 0 Å². The van der Waals surface area contributed by atoms with Crippen LogP contribution in [0.1, 0.15) is 6.92 Å². The summed E-state index contributed by atoms with van der Waals surface area (Å²) >= 11 is 0. The van der Waals surface area contributed by atoms with Gasteiger partial charge in [0.15, 0.2) is 0 Å². The predicted octanol–water partition coefficient (Wildman–Crippen LogP) is -0.689. The van der Waals surface area contributed by atoms with Gasteiger partial charge in [-0.2, -0.15) is 0 Å². The number of carbonyl (C=O) groups is 2. The van der Waals surface area contributed by atoms with Gasteiger partial charge in [-0.1, -0.05) is 6.08 Å². The van der Waals surface area contributed by atoms with Crippen molar-refractivity contribution >= 4 is 11.9 Å². The van der Waals surface area contributed by atoms with Crippen LogP contribution < -0.4 is 10.6 Å². The van der Waals surface area contributed by atoms with E-state index in [2.05, 4.69) is 17.2 Å². The van der Waals surface area contributed by atoms with E-state index in [0.29, 0.717) is 13.1 Å². The highest BCUT2D eigenvalue weighted by molar-refractivity contribution is 5.96. The minimum absolute atomic E-state index is 0.0502. The average Bonchev–Trinajstić information content (AvgIpc) is 2.27. The Morgan fingerprint density at radius 2 is 2.19 bits per heavy atom. The van der Waals surface area contributed by atoms with Crippen molar-refractivity contribution in [3.8, 4) is 0 Å². The van der Waals surface area contributed by atoms with Gasteiger partial charge in [0.1, 0.15) is 0 Å². The van der Waals surface area contributed by atoms with Gasteiger partial charge < -0.3 is 10.4 Å². The van der Waals surface area contributed by atoms with E-state index in [1.165, 1.54) is 7.05 Å². The zero-order chi connectivity index (χ0) is 12.6. The average molecular weight is 229 g/mol. The summed E-state index contributed by atoms with van der Waals surface area (Å²) in [4.78, 5) is 24.2. The smallest absolute Gasteiger partial charge is 0.321 e. The summed E-state index contributed by atoms with van der Waals surface area (Å²) in [5.41, 5.74) is 0. The van der Waals surface area contributed by atoms with Gasteiger partial charge in [0.05, 0.1) is 12.6 Å². The van der Waals surface area contributed by atoms with Crippen LogP contribution in [-0.2, 0) is 4.79 Å². The van der Waals surface area contributed by atoms with Crippen molar-refractivity contribution in [1.82, 2.24) is 15.5 Å². The number of amides is 3. The number of nitrogens with zero attached hydrogens (tertiary/aromatic N) is 1. The zero-order valence-electron chi connectivity index (χ0n) is 9.69. The molecule has 92 valence electrons. The van der Waals surface area contributed by atoms with Gasteiger partial charge >= 0.3 is 6.03 Å². The van der Waals surface area contributed by atoms with Crippen LogP contribution >= 0.6 is 0 Å². The predicted molar refractivity (Wildman–Crippen MR) is 60.9 cm³/mol. The van der Waals surface area contributed by atoms with Gasteiger partial charge in [-0.05, 0) is 6.92 Å². The molecule has 0 spiro atoms. The first-order valence-electron chi connectivity index (χ1n) is 5.05. The fraction of sp³-hybridized carbons (Fsp3) is 0.600. The third-order valence-corrected chi connectivity index (χ3v) is 2.14. The first-order chi connectivity index (χ1) is 7.56. The van der Waals surface area contributed by atoms with Crippen LogP contribution in [0.5, 0.6) is 0 Å². The summed E-state index contributed by atoms with van der Waals surface area (Å²) in [6.45, 7) is 6.01. The number of carbonyl (C=O) groups excluding carboxylic acids is 2. The Kier molecular flexibility index (Phi) is 7.15. The Bertz CT molecular complexity index is 256. The van der Waals surface area contributed by atoms with Gasteiger partial charge in [0.2, 0.25) is 5.91 Å². The normalized spacial score (nSPS) is 12.0. The summed E-state index contributed by atoms with van der Waals surface area (Å²) in [5.74, 6) is -0.408. The minimum atomic E-state index is -0.542. The monoisotopic (exact) mass is 229 g/mol. The lowest BCUT2D eigenvalue weighted by Crippen LogP contribution is -2.49. The van der Waals surface area contributed by atoms with E-state index >= 15 is 0 Å². The second-order valence-corrected chi connectivity index (χ2v) is 3.25. The molecule has 6 nitrogen and oxygen atoms in total. The van der Waals surface area contributed by atoms with Crippen LogP contribution in [0.25, 0.3) is 0 Å². The van der Waals surface area contributed by atoms with E-state index in [1.54, 1.807) is 17.9 Å². The number of aliphatic hydroxyl groups excluding tert-OH is 1. The molecule has 0 aromatic carbocycles. The van der Waals surface area contributed by atoms with Gasteiger partial charge in [0.25, 0.3) is 0 Å². The molecule has 1 atom stereocenters. The number of urea groups is 1. The lowest BCUT2D eigenvalue weighted by atomic mass is 10.2. The summed E-state index contributed by atoms with van der Waals surface area (Å²) < 4.78 is 0. The van der Waals surface area contributed by atoms with Crippen molar-refractivity contribution in [1.29, 1.82) is 0 Å². The van der Waals surface area contributed by atoms with E-state index in [1.807, 2.05) is 0 Å². The summed E-state index contributed by atoms with van der Waals surface area (Å²) in [5, 5.41) is 13.3. The van der Waals surface area contributed by atoms with Gasteiger partial charge in [-0.3, -0.25) is 15.0 Å². The summed E-state index contributed by atoms with van der Waals surface area (Å²) in [7, 11) is 1.43. The maximum atomic E-state index is 11.6. The highest BCUT2D eigenvalue weighted by atomic mass is 16.3. The molecule has 0 heterocycles. The molecular formula is C10H19N3O3. The molecule has 0 saturated heterocycles. The number of aliphatic hydroxyl groups is 1. The van der Waals surface area contributed by atoms with Crippen molar-refractivity contribution in [2.24, 2.45) is 0 Å². The molecule has 0 aromatic rings. The van der Waals surface area contributed by atoms with E-state index in [4.69, 9.17) is 5.11 Å². The number of hydrogen-bond donors (Lipinski definition) is 3. The molecule has 0 saturated carbocycles. The number of imide groups is 1. The first-order valence-corrected chi connectivity index (χ1v) is 5.05. The molecule has 0 rings (SSSR count). The third kappa shape index (κ3) is 4.90. The molecule has 1 unspecified atom stereocenters. The molecule has 6 heteroatoms. The van der Waals surface area contributed by atoms with Crippen LogP contribution in [0, 0.1) is 0 Å². The Hall–Kier alpha value is -1.40. The molecule has 0 fully saturated rings. The lowest BCUT2D eigenvalue weighted by molar-refractivity contribution is -0.124. The van der Waals surface area contributed by atoms with Gasteiger partial charge in [-0.25, -0.2) is 4.79 Å². The maximum absolute atomic E-state index is 11.6. The fourth-order valence-electron chi connectivity index (χ4n) is 1.18. The third-order valence-electron chi connectivity index (χ3n) is 2.14. The topological polar surface area (TPSA) is 81.7 Å². The highest BCUT2D eigenvalue weighted by Crippen LogP contribution is 1.98. The van der Waals surface area contributed by atoms with Crippen molar-refractivity contribution in [3.05, 3.63) is 12.7 Å². The second-order valence-electron chi connectivity index (χ2n) is 3.25. The summed E-state index contributed by atoms with van der Waals surface area (Å²) in [6.07, 6.45) is 1.64. The fourth-order valence-corrected chi connectivity index (χ4v) is 1.18. The number of rotatable bonds is 6. The molecule has 0 bridgehead atoms. The van der Waals surface area contributed by atoms with E-state index < -0.39 is 18.0 Å². The van der Waals surface area contributed by atoms with Crippen molar-refractivity contribution in [2.75, 3.05) is 26.7 Å². The van der Waals surface area contributed by atoms with Crippen molar-refractivity contribution in [2.45, 2.75) is 13.0 Å². The SMILES string of the molecule is C=CCN(CCO)C(C)C(=O)NC(=O)NC.